The number of rotatable bonds is 6. The molecule has 1 saturated heterocycles. The molecule has 2 fully saturated rings. The molecule has 0 atom stereocenters. The average Bonchev–Trinajstić information content (AvgIpc) is 3.31. The Kier molecular flexibility index (Phi) is 6.92. The number of hydrogen-bond donors (Lipinski definition) is 1. The molecule has 2 aliphatic rings. The summed E-state index contributed by atoms with van der Waals surface area (Å²) < 4.78 is 5.95. The summed E-state index contributed by atoms with van der Waals surface area (Å²) in [5.41, 5.74) is 0.661. The van der Waals surface area contributed by atoms with Gasteiger partial charge in [0.05, 0.1) is 30.2 Å². The largest absolute Gasteiger partial charge is 0.465 e. The molecule has 1 aliphatic heterocycles. The lowest BCUT2D eigenvalue weighted by Gasteiger charge is -2.34. The maximum absolute atomic E-state index is 12.9. The molecule has 1 aromatic carbocycles. The van der Waals surface area contributed by atoms with Gasteiger partial charge in [0, 0.05) is 25.7 Å². The Bertz CT molecular complexity index is 979. The van der Waals surface area contributed by atoms with Crippen LogP contribution in [-0.4, -0.2) is 53.4 Å². The fourth-order valence-corrected chi connectivity index (χ4v) is 4.87. The Hall–Kier alpha value is -2.38. The fourth-order valence-electron chi connectivity index (χ4n) is 4.68. The summed E-state index contributed by atoms with van der Waals surface area (Å²) in [6, 6.07) is 6.93. The predicted molar refractivity (Wildman–Crippen MR) is 121 cm³/mol. The molecule has 1 N–H and O–H groups in total. The van der Waals surface area contributed by atoms with Crippen molar-refractivity contribution in [2.45, 2.75) is 44.6 Å². The Labute approximate surface area is 187 Å². The third-order valence-corrected chi connectivity index (χ3v) is 6.76. The summed E-state index contributed by atoms with van der Waals surface area (Å²) in [5, 5.41) is 7.75. The minimum Gasteiger partial charge on any atom is -0.465 e. The number of halogens is 1. The highest BCUT2D eigenvalue weighted by Crippen LogP contribution is 2.27. The van der Waals surface area contributed by atoms with Gasteiger partial charge in [-0.25, -0.2) is 4.79 Å². The Balaban J connectivity index is 1.44. The Morgan fingerprint density at radius 2 is 1.90 bits per heavy atom. The first-order valence-corrected chi connectivity index (χ1v) is 11.4. The van der Waals surface area contributed by atoms with Gasteiger partial charge in [-0.05, 0) is 43.7 Å². The topological polar surface area (TPSA) is 76.5 Å². The van der Waals surface area contributed by atoms with Crippen molar-refractivity contribution >= 4 is 23.3 Å². The van der Waals surface area contributed by atoms with E-state index in [0.29, 0.717) is 11.4 Å². The quantitative estimate of drug-likeness (QED) is 0.684. The van der Waals surface area contributed by atoms with Crippen LogP contribution in [0.25, 0.3) is 5.69 Å². The van der Waals surface area contributed by atoms with Crippen LogP contribution < -0.4 is 10.9 Å². The maximum Gasteiger partial charge on any atom is 0.340 e. The molecule has 2 heterocycles. The van der Waals surface area contributed by atoms with E-state index < -0.39 is 11.5 Å². The highest BCUT2D eigenvalue weighted by Gasteiger charge is 2.24. The molecule has 0 spiro atoms. The van der Waals surface area contributed by atoms with E-state index >= 15 is 0 Å². The van der Waals surface area contributed by atoms with Gasteiger partial charge in [-0.1, -0.05) is 36.6 Å². The molecular formula is C23H29ClN4O3. The zero-order valence-corrected chi connectivity index (χ0v) is 18.6. The number of anilines is 1. The molecule has 2 aromatic rings. The number of carbonyl (C=O) groups is 1. The number of ether oxygens (including phenoxy) is 1. The highest BCUT2D eigenvalue weighted by atomic mass is 35.5. The summed E-state index contributed by atoms with van der Waals surface area (Å²) in [5.74, 6) is 0.329. The first-order valence-electron chi connectivity index (χ1n) is 11.0. The molecule has 166 valence electrons. The molecule has 0 bridgehead atoms. The molecule has 8 heteroatoms. The monoisotopic (exact) mass is 444 g/mol. The summed E-state index contributed by atoms with van der Waals surface area (Å²) >= 11 is 6.41. The molecule has 1 aromatic heterocycles. The minimum atomic E-state index is -0.535. The van der Waals surface area contributed by atoms with Crippen LogP contribution in [0.3, 0.4) is 0 Å². The van der Waals surface area contributed by atoms with Gasteiger partial charge < -0.3 is 15.0 Å². The van der Waals surface area contributed by atoms with Crippen LogP contribution in [-0.2, 0) is 4.74 Å². The van der Waals surface area contributed by atoms with E-state index in [1.165, 1.54) is 39.3 Å². The van der Waals surface area contributed by atoms with E-state index in [4.69, 9.17) is 16.3 Å². The molecule has 31 heavy (non-hydrogen) atoms. The van der Waals surface area contributed by atoms with Gasteiger partial charge in [-0.3, -0.25) is 4.79 Å². The van der Waals surface area contributed by atoms with Crippen molar-refractivity contribution in [3.63, 3.8) is 0 Å². The standard InChI is InChI=1S/C23H29ClN4O3/c1-31-23(30)18-8-4-5-9-20(18)28-22(29)21(24)19(14-25-28)26-17-10-12-27(13-11-17)15-16-6-2-3-7-16/h4-5,8-9,14,16-17,26H,2-3,6-7,10-13,15H2,1H3. The van der Waals surface area contributed by atoms with E-state index in [2.05, 4.69) is 15.3 Å². The smallest absolute Gasteiger partial charge is 0.340 e. The second kappa shape index (κ2) is 9.83. The number of likely N-dealkylation sites (tertiary alicyclic amines) is 1. The average molecular weight is 445 g/mol. The van der Waals surface area contributed by atoms with Crippen LogP contribution in [0.1, 0.15) is 48.9 Å². The highest BCUT2D eigenvalue weighted by molar-refractivity contribution is 6.33. The molecule has 0 unspecified atom stereocenters. The number of esters is 1. The SMILES string of the molecule is COC(=O)c1ccccc1-n1ncc(NC2CCN(CC3CCCC3)CC2)c(Cl)c1=O. The van der Waals surface area contributed by atoms with Gasteiger partial charge in [0.25, 0.3) is 5.56 Å². The minimum absolute atomic E-state index is 0.0723. The van der Waals surface area contributed by atoms with E-state index in [1.54, 1.807) is 30.5 Å². The number of para-hydroxylation sites is 1. The van der Waals surface area contributed by atoms with Gasteiger partial charge >= 0.3 is 5.97 Å². The van der Waals surface area contributed by atoms with Crippen LogP contribution in [0, 0.1) is 5.92 Å². The molecule has 1 aliphatic carbocycles. The zero-order chi connectivity index (χ0) is 21.8. The van der Waals surface area contributed by atoms with E-state index in [-0.39, 0.29) is 16.6 Å². The number of carbonyl (C=O) groups excluding carboxylic acids is 1. The van der Waals surface area contributed by atoms with Crippen LogP contribution in [0.5, 0.6) is 0 Å². The van der Waals surface area contributed by atoms with E-state index in [0.717, 1.165) is 36.5 Å². The third-order valence-electron chi connectivity index (χ3n) is 6.39. The van der Waals surface area contributed by atoms with Crippen molar-refractivity contribution in [1.29, 1.82) is 0 Å². The normalized spacial score (nSPS) is 18.3. The van der Waals surface area contributed by atoms with E-state index in [9.17, 15) is 9.59 Å². The van der Waals surface area contributed by atoms with Crippen LogP contribution in [0.4, 0.5) is 5.69 Å². The van der Waals surface area contributed by atoms with Crippen molar-refractivity contribution in [3.8, 4) is 5.69 Å². The molecule has 1 saturated carbocycles. The molecule has 7 nitrogen and oxygen atoms in total. The first-order chi connectivity index (χ1) is 15.1. The zero-order valence-electron chi connectivity index (χ0n) is 17.8. The predicted octanol–water partition coefficient (Wildman–Crippen LogP) is 3.74. The number of nitrogens with one attached hydrogen (secondary N) is 1. The van der Waals surface area contributed by atoms with Gasteiger partial charge in [0.15, 0.2) is 0 Å². The van der Waals surface area contributed by atoms with E-state index in [1.807, 2.05) is 0 Å². The molecule has 0 radical (unpaired) electrons. The van der Waals surface area contributed by atoms with Crippen molar-refractivity contribution in [1.82, 2.24) is 14.7 Å². The number of aromatic nitrogens is 2. The van der Waals surface area contributed by atoms with Crippen LogP contribution in [0.15, 0.2) is 35.3 Å². The van der Waals surface area contributed by atoms with Gasteiger partial charge in [0.1, 0.15) is 5.02 Å². The van der Waals surface area contributed by atoms with Gasteiger partial charge in [-0.15, -0.1) is 0 Å². The lowest BCUT2D eigenvalue weighted by molar-refractivity contribution is 0.0600. The van der Waals surface area contributed by atoms with Crippen LogP contribution in [0.2, 0.25) is 5.02 Å². The summed E-state index contributed by atoms with van der Waals surface area (Å²) in [6.07, 6.45) is 9.08. The summed E-state index contributed by atoms with van der Waals surface area (Å²) in [4.78, 5) is 27.5. The van der Waals surface area contributed by atoms with Crippen molar-refractivity contribution in [3.05, 3.63) is 51.4 Å². The first kappa shape index (κ1) is 21.8. The Morgan fingerprint density at radius 1 is 1.19 bits per heavy atom. The second-order valence-corrected chi connectivity index (χ2v) is 8.85. The number of nitrogens with zero attached hydrogens (tertiary/aromatic N) is 3. The molecule has 4 rings (SSSR count). The van der Waals surface area contributed by atoms with Crippen LogP contribution >= 0.6 is 11.6 Å². The van der Waals surface area contributed by atoms with Gasteiger partial charge in [-0.2, -0.15) is 9.78 Å². The second-order valence-electron chi connectivity index (χ2n) is 8.47. The number of benzene rings is 1. The number of hydrogen-bond acceptors (Lipinski definition) is 6. The number of methoxy groups -OCH3 is 1. The number of piperidine rings is 1. The molecule has 0 amide bonds. The summed E-state index contributed by atoms with van der Waals surface area (Å²) in [7, 11) is 1.30. The van der Waals surface area contributed by atoms with Crippen molar-refractivity contribution in [2.24, 2.45) is 5.92 Å². The summed E-state index contributed by atoms with van der Waals surface area (Å²) in [6.45, 7) is 3.33. The third kappa shape index (κ3) is 4.93. The van der Waals surface area contributed by atoms with Gasteiger partial charge in [0.2, 0.25) is 0 Å². The fraction of sp³-hybridized carbons (Fsp3) is 0.522. The lowest BCUT2D eigenvalue weighted by Crippen LogP contribution is -2.41. The van der Waals surface area contributed by atoms with Crippen molar-refractivity contribution in [2.75, 3.05) is 32.1 Å². The lowest BCUT2D eigenvalue weighted by atomic mass is 10.0. The Morgan fingerprint density at radius 3 is 2.61 bits per heavy atom. The maximum atomic E-state index is 12.9. The molecular weight excluding hydrogens is 416 g/mol. The van der Waals surface area contributed by atoms with Crippen molar-refractivity contribution < 1.29 is 9.53 Å².